The van der Waals surface area contributed by atoms with Gasteiger partial charge in [-0.25, -0.2) is 4.79 Å². The highest BCUT2D eigenvalue weighted by Gasteiger charge is 2.21. The minimum atomic E-state index is -0.446. The van der Waals surface area contributed by atoms with E-state index in [2.05, 4.69) is 20.3 Å². The van der Waals surface area contributed by atoms with Crippen LogP contribution in [-0.4, -0.2) is 23.3 Å². The number of halogens is 1. The van der Waals surface area contributed by atoms with Crippen LogP contribution in [0.4, 0.5) is 5.69 Å². The van der Waals surface area contributed by atoms with Crippen molar-refractivity contribution in [2.24, 2.45) is 0 Å². The number of hydrogen-bond acceptors (Lipinski definition) is 6. The van der Waals surface area contributed by atoms with Crippen LogP contribution in [-0.2, 0) is 16.7 Å². The fraction of sp³-hybridized carbons (Fsp3) is 0.400. The predicted octanol–water partition coefficient (Wildman–Crippen LogP) is 3.42. The molecule has 0 amide bonds. The molecule has 0 spiro atoms. The summed E-state index contributed by atoms with van der Waals surface area (Å²) < 4.78 is 10.3. The Kier molecular flexibility index (Phi) is 4.71. The van der Waals surface area contributed by atoms with Crippen LogP contribution >= 0.6 is 11.6 Å². The summed E-state index contributed by atoms with van der Waals surface area (Å²) in [7, 11) is 1.32. The molecule has 0 atom stereocenters. The van der Waals surface area contributed by atoms with Crippen molar-refractivity contribution in [3.05, 3.63) is 40.6 Å². The van der Waals surface area contributed by atoms with E-state index >= 15 is 0 Å². The molecule has 0 aliphatic carbocycles. The SMILES string of the molecule is COC(=O)c1cc(Cl)cc(NCc2nnc(C(C)(C)C)o2)c1. The van der Waals surface area contributed by atoms with Gasteiger partial charge in [0.1, 0.15) is 0 Å². The maximum Gasteiger partial charge on any atom is 0.337 e. The largest absolute Gasteiger partial charge is 0.465 e. The van der Waals surface area contributed by atoms with Gasteiger partial charge >= 0.3 is 5.97 Å². The Labute approximate surface area is 133 Å². The second-order valence-electron chi connectivity index (χ2n) is 5.82. The summed E-state index contributed by atoms with van der Waals surface area (Å²) in [4.78, 5) is 11.6. The summed E-state index contributed by atoms with van der Waals surface area (Å²) >= 11 is 6.00. The summed E-state index contributed by atoms with van der Waals surface area (Å²) in [5.41, 5.74) is 0.848. The topological polar surface area (TPSA) is 77.2 Å². The van der Waals surface area contributed by atoms with Crippen LogP contribution in [0.1, 0.15) is 42.9 Å². The average molecular weight is 324 g/mol. The third-order valence-corrected chi connectivity index (χ3v) is 3.09. The Bertz CT molecular complexity index is 677. The van der Waals surface area contributed by atoms with Crippen LogP contribution in [0.5, 0.6) is 0 Å². The minimum absolute atomic E-state index is 0.195. The lowest BCUT2D eigenvalue weighted by Gasteiger charge is -2.11. The van der Waals surface area contributed by atoms with Gasteiger partial charge in [0.25, 0.3) is 0 Å². The number of hydrogen-bond donors (Lipinski definition) is 1. The third-order valence-electron chi connectivity index (χ3n) is 2.87. The Hall–Kier alpha value is -2.08. The zero-order valence-electron chi connectivity index (χ0n) is 12.9. The average Bonchev–Trinajstić information content (AvgIpc) is 2.92. The molecule has 7 heteroatoms. The molecular formula is C15H18ClN3O3. The lowest BCUT2D eigenvalue weighted by molar-refractivity contribution is 0.0601. The van der Waals surface area contributed by atoms with Gasteiger partial charge in [0.2, 0.25) is 11.8 Å². The van der Waals surface area contributed by atoms with Gasteiger partial charge in [-0.15, -0.1) is 10.2 Å². The van der Waals surface area contributed by atoms with E-state index in [0.717, 1.165) is 0 Å². The maximum atomic E-state index is 11.6. The van der Waals surface area contributed by atoms with E-state index in [4.69, 9.17) is 16.0 Å². The molecule has 1 aromatic heterocycles. The summed E-state index contributed by atoms with van der Waals surface area (Å²) in [5, 5.41) is 11.5. The van der Waals surface area contributed by atoms with E-state index in [-0.39, 0.29) is 5.41 Å². The van der Waals surface area contributed by atoms with E-state index in [9.17, 15) is 4.79 Å². The van der Waals surface area contributed by atoms with Gasteiger partial charge in [-0.3, -0.25) is 0 Å². The molecule has 0 fully saturated rings. The van der Waals surface area contributed by atoms with Crippen molar-refractivity contribution in [2.75, 3.05) is 12.4 Å². The second kappa shape index (κ2) is 6.36. The highest BCUT2D eigenvalue weighted by Crippen LogP contribution is 2.22. The number of ether oxygens (including phenoxy) is 1. The first-order valence-corrected chi connectivity index (χ1v) is 7.13. The van der Waals surface area contributed by atoms with E-state index in [0.29, 0.717) is 34.6 Å². The van der Waals surface area contributed by atoms with Crippen LogP contribution in [0.25, 0.3) is 0 Å². The zero-order valence-corrected chi connectivity index (χ0v) is 13.7. The van der Waals surface area contributed by atoms with Crippen molar-refractivity contribution in [2.45, 2.75) is 32.7 Å². The molecule has 0 bridgehead atoms. The molecule has 0 radical (unpaired) electrons. The van der Waals surface area contributed by atoms with Crippen molar-refractivity contribution in [1.82, 2.24) is 10.2 Å². The smallest absolute Gasteiger partial charge is 0.337 e. The Morgan fingerprint density at radius 2 is 2.05 bits per heavy atom. The van der Waals surface area contributed by atoms with E-state index in [1.807, 2.05) is 20.8 Å². The number of carbonyl (C=O) groups excluding carboxylic acids is 1. The Morgan fingerprint density at radius 3 is 2.64 bits per heavy atom. The van der Waals surface area contributed by atoms with E-state index < -0.39 is 5.97 Å². The third kappa shape index (κ3) is 3.98. The van der Waals surface area contributed by atoms with Crippen molar-refractivity contribution in [3.63, 3.8) is 0 Å². The van der Waals surface area contributed by atoms with Crippen LogP contribution < -0.4 is 5.32 Å². The molecule has 0 unspecified atom stereocenters. The van der Waals surface area contributed by atoms with Gasteiger partial charge in [0.05, 0.1) is 19.2 Å². The molecule has 2 rings (SSSR count). The molecule has 0 saturated carbocycles. The van der Waals surface area contributed by atoms with E-state index in [1.54, 1.807) is 18.2 Å². The van der Waals surface area contributed by atoms with Crippen LogP contribution in [0.3, 0.4) is 0 Å². The lowest BCUT2D eigenvalue weighted by Crippen LogP contribution is -2.11. The molecule has 118 valence electrons. The van der Waals surface area contributed by atoms with Gasteiger partial charge < -0.3 is 14.5 Å². The predicted molar refractivity (Wildman–Crippen MR) is 83.1 cm³/mol. The number of anilines is 1. The Morgan fingerprint density at radius 1 is 1.32 bits per heavy atom. The Balaban J connectivity index is 2.10. The van der Waals surface area contributed by atoms with Crippen LogP contribution in [0.2, 0.25) is 5.02 Å². The van der Waals surface area contributed by atoms with Gasteiger partial charge in [0.15, 0.2) is 0 Å². The molecular weight excluding hydrogens is 306 g/mol. The highest BCUT2D eigenvalue weighted by molar-refractivity contribution is 6.31. The molecule has 6 nitrogen and oxygen atoms in total. The molecule has 1 N–H and O–H groups in total. The number of rotatable bonds is 4. The maximum absolute atomic E-state index is 11.6. The first-order chi connectivity index (χ1) is 10.3. The second-order valence-corrected chi connectivity index (χ2v) is 6.26. The molecule has 1 aromatic carbocycles. The minimum Gasteiger partial charge on any atom is -0.465 e. The number of nitrogens with zero attached hydrogens (tertiary/aromatic N) is 2. The standard InChI is InChI=1S/C15H18ClN3O3/c1-15(2,3)14-19-18-12(22-14)8-17-11-6-9(13(20)21-4)5-10(16)7-11/h5-7,17H,8H2,1-4H3. The number of esters is 1. The fourth-order valence-corrected chi connectivity index (χ4v) is 1.97. The van der Waals surface area contributed by atoms with Gasteiger partial charge in [-0.05, 0) is 18.2 Å². The monoisotopic (exact) mass is 323 g/mol. The lowest BCUT2D eigenvalue weighted by atomic mass is 9.97. The molecule has 0 aliphatic rings. The first kappa shape index (κ1) is 16.3. The highest BCUT2D eigenvalue weighted by atomic mass is 35.5. The zero-order chi connectivity index (χ0) is 16.3. The summed E-state index contributed by atoms with van der Waals surface area (Å²) in [6.07, 6.45) is 0. The van der Waals surface area contributed by atoms with Crippen LogP contribution in [0, 0.1) is 0 Å². The molecule has 1 heterocycles. The quantitative estimate of drug-likeness (QED) is 0.869. The van der Waals surface area contributed by atoms with Crippen molar-refractivity contribution < 1.29 is 13.9 Å². The van der Waals surface area contributed by atoms with Gasteiger partial charge in [-0.1, -0.05) is 32.4 Å². The number of aromatic nitrogens is 2. The molecule has 0 aliphatic heterocycles. The van der Waals surface area contributed by atoms with Crippen LogP contribution in [0.15, 0.2) is 22.6 Å². The number of nitrogens with one attached hydrogen (secondary N) is 1. The van der Waals surface area contributed by atoms with Gasteiger partial charge in [-0.2, -0.15) is 0 Å². The number of benzene rings is 1. The van der Waals surface area contributed by atoms with Crippen molar-refractivity contribution >= 4 is 23.3 Å². The number of methoxy groups -OCH3 is 1. The van der Waals surface area contributed by atoms with Crippen molar-refractivity contribution in [3.8, 4) is 0 Å². The normalized spacial score (nSPS) is 11.3. The first-order valence-electron chi connectivity index (χ1n) is 6.75. The fourth-order valence-electron chi connectivity index (χ4n) is 1.73. The summed E-state index contributed by atoms with van der Waals surface area (Å²) in [6.45, 7) is 6.33. The summed E-state index contributed by atoms with van der Waals surface area (Å²) in [6, 6.07) is 4.90. The number of carbonyl (C=O) groups is 1. The van der Waals surface area contributed by atoms with Crippen molar-refractivity contribution in [1.29, 1.82) is 0 Å². The molecule has 2 aromatic rings. The van der Waals surface area contributed by atoms with Gasteiger partial charge in [0, 0.05) is 16.1 Å². The molecule has 22 heavy (non-hydrogen) atoms. The summed E-state index contributed by atoms with van der Waals surface area (Å²) in [5.74, 6) is 0.591. The van der Waals surface area contributed by atoms with E-state index in [1.165, 1.54) is 7.11 Å². The molecule has 0 saturated heterocycles.